The fourth-order valence-electron chi connectivity index (χ4n) is 6.31. The smallest absolute Gasteiger partial charge is 0.274 e. The second-order valence-electron chi connectivity index (χ2n) is 11.7. The van der Waals surface area contributed by atoms with E-state index in [1.54, 1.807) is 41.4 Å². The predicted octanol–water partition coefficient (Wildman–Crippen LogP) is 5.36. The largest absolute Gasteiger partial charge is 0.497 e. The first-order chi connectivity index (χ1) is 23.0. The number of benzene rings is 3. The van der Waals surface area contributed by atoms with E-state index in [1.165, 1.54) is 55.9 Å². The summed E-state index contributed by atoms with van der Waals surface area (Å²) in [6, 6.07) is 15.8. The molecule has 0 N–H and O–H groups in total. The molecule has 48 heavy (non-hydrogen) atoms. The molecule has 1 saturated heterocycles. The van der Waals surface area contributed by atoms with E-state index in [1.807, 2.05) is 19.2 Å². The number of nitrogens with zero attached hydrogens (tertiary/aromatic N) is 4. The number of hydrogen-bond acceptors (Lipinski definition) is 10. The maximum Gasteiger partial charge on any atom is 0.274 e. The number of rotatable bonds is 10. The number of aromatic nitrogens is 1. The molecule has 1 aromatic heterocycles. The van der Waals surface area contributed by atoms with Crippen LogP contribution >= 0.6 is 22.9 Å². The number of sulfonamides is 1. The quantitative estimate of drug-likeness (QED) is 0.214. The van der Waals surface area contributed by atoms with E-state index in [0.29, 0.717) is 43.2 Å². The zero-order valence-corrected chi connectivity index (χ0v) is 29.3. The van der Waals surface area contributed by atoms with Gasteiger partial charge in [-0.2, -0.15) is 0 Å². The van der Waals surface area contributed by atoms with E-state index in [-0.39, 0.29) is 45.4 Å². The second-order valence-corrected chi connectivity index (χ2v) is 14.7. The van der Waals surface area contributed by atoms with Crippen LogP contribution in [0, 0.1) is 0 Å². The minimum absolute atomic E-state index is 0.00659. The van der Waals surface area contributed by atoms with Crippen molar-refractivity contribution in [1.82, 2.24) is 9.88 Å². The van der Waals surface area contributed by atoms with E-state index < -0.39 is 21.3 Å². The molecule has 1 fully saturated rings. The van der Waals surface area contributed by atoms with Crippen LogP contribution in [-0.4, -0.2) is 76.6 Å². The number of methoxy groups -OCH3 is 2. The number of ether oxygens (including phenoxy) is 3. The van der Waals surface area contributed by atoms with E-state index in [4.69, 9.17) is 25.8 Å². The lowest BCUT2D eigenvalue weighted by atomic mass is 9.72. The van der Waals surface area contributed by atoms with Crippen molar-refractivity contribution in [1.29, 1.82) is 0 Å². The van der Waals surface area contributed by atoms with Crippen LogP contribution in [0.5, 0.6) is 17.2 Å². The van der Waals surface area contributed by atoms with Crippen molar-refractivity contribution in [2.24, 2.45) is 0 Å². The van der Waals surface area contributed by atoms with Crippen LogP contribution in [-0.2, 0) is 25.0 Å². The van der Waals surface area contributed by atoms with Gasteiger partial charge in [-0.05, 0) is 55.8 Å². The average molecular weight is 711 g/mol. The summed E-state index contributed by atoms with van der Waals surface area (Å²) < 4.78 is 46.9. The highest BCUT2D eigenvalue weighted by molar-refractivity contribution is 7.93. The number of halogens is 1. The fraction of sp³-hybridized carbons (Fsp3) is 0.324. The molecular formula is C34H35ClN4O7S2. The standard InChI is InChI=1S/C34H35ClN4O7S2/c1-22(2)46-28-8-6-5-7-25(28)34(21-31(40)37-14-16-38(17-15-37)33-36-13-18-47-33)26-19-23(35)9-11-27(26)39(32(34)41)48(42,43)30-12-10-24(44-3)20-29(30)45-4/h5-13,18-20,22H,14-17,21H2,1-4H3. The molecule has 0 saturated carbocycles. The van der Waals surface area contributed by atoms with Crippen molar-refractivity contribution in [3.63, 3.8) is 0 Å². The lowest BCUT2D eigenvalue weighted by Gasteiger charge is -2.37. The van der Waals surface area contributed by atoms with Gasteiger partial charge in [-0.15, -0.1) is 11.3 Å². The Morgan fingerprint density at radius 1 is 0.979 bits per heavy atom. The SMILES string of the molecule is COc1ccc(S(=O)(=O)N2C(=O)C(CC(=O)N3CCN(c4nccs4)CC3)(c3ccccc3OC(C)C)c3cc(Cl)ccc32)c(OC)c1. The summed E-state index contributed by atoms with van der Waals surface area (Å²) in [7, 11) is -1.82. The molecule has 0 bridgehead atoms. The highest BCUT2D eigenvalue weighted by Gasteiger charge is 2.58. The predicted molar refractivity (Wildman–Crippen MR) is 184 cm³/mol. The highest BCUT2D eigenvalue weighted by Crippen LogP contribution is 2.54. The molecule has 0 spiro atoms. The van der Waals surface area contributed by atoms with Gasteiger partial charge in [-0.3, -0.25) is 9.59 Å². The summed E-state index contributed by atoms with van der Waals surface area (Å²) in [5, 5.41) is 3.06. The summed E-state index contributed by atoms with van der Waals surface area (Å²) in [5.74, 6) is -0.413. The first-order valence-corrected chi connectivity index (χ1v) is 18.0. The molecule has 1 unspecified atom stereocenters. The van der Waals surface area contributed by atoms with Crippen molar-refractivity contribution >= 4 is 55.6 Å². The van der Waals surface area contributed by atoms with Crippen LogP contribution in [0.2, 0.25) is 5.02 Å². The zero-order chi connectivity index (χ0) is 34.2. The number of thiazole rings is 1. The van der Waals surface area contributed by atoms with Crippen LogP contribution in [0.15, 0.2) is 77.1 Å². The summed E-state index contributed by atoms with van der Waals surface area (Å²) in [6.07, 6.45) is 1.10. The summed E-state index contributed by atoms with van der Waals surface area (Å²) in [4.78, 5) is 37.5. The first kappa shape index (κ1) is 33.6. The van der Waals surface area contributed by atoms with Crippen LogP contribution in [0.1, 0.15) is 31.4 Å². The number of piperazine rings is 1. The zero-order valence-electron chi connectivity index (χ0n) is 26.9. The Bertz CT molecular complexity index is 1950. The minimum atomic E-state index is -4.61. The van der Waals surface area contributed by atoms with Crippen LogP contribution in [0.25, 0.3) is 0 Å². The molecule has 6 rings (SSSR count). The highest BCUT2D eigenvalue weighted by atomic mass is 35.5. The van der Waals surface area contributed by atoms with Crippen molar-refractivity contribution in [3.05, 3.63) is 88.4 Å². The van der Waals surface area contributed by atoms with E-state index in [2.05, 4.69) is 9.88 Å². The van der Waals surface area contributed by atoms with Crippen molar-refractivity contribution in [2.75, 3.05) is 49.6 Å². The van der Waals surface area contributed by atoms with Crippen molar-refractivity contribution in [2.45, 2.75) is 36.7 Å². The number of para-hydroxylation sites is 1. The fourth-order valence-corrected chi connectivity index (χ4v) is 8.80. The Morgan fingerprint density at radius 3 is 2.40 bits per heavy atom. The van der Waals surface area contributed by atoms with Gasteiger partial charge in [0.2, 0.25) is 5.91 Å². The molecule has 11 nitrogen and oxygen atoms in total. The van der Waals surface area contributed by atoms with Crippen LogP contribution < -0.4 is 23.4 Å². The molecule has 2 aliphatic heterocycles. The lowest BCUT2D eigenvalue weighted by molar-refractivity contribution is -0.135. The number of carbonyl (C=O) groups excluding carboxylic acids is 2. The minimum Gasteiger partial charge on any atom is -0.497 e. The molecule has 0 aliphatic carbocycles. The van der Waals surface area contributed by atoms with Gasteiger partial charge in [0, 0.05) is 60.8 Å². The number of fused-ring (bicyclic) bond motifs is 1. The number of amides is 2. The Hall–Kier alpha value is -4.33. The van der Waals surface area contributed by atoms with Crippen molar-refractivity contribution in [3.8, 4) is 17.2 Å². The molecule has 2 aliphatic rings. The second kappa shape index (κ2) is 13.3. The van der Waals surface area contributed by atoms with Gasteiger partial charge in [0.15, 0.2) is 5.13 Å². The van der Waals surface area contributed by atoms with Gasteiger partial charge >= 0.3 is 0 Å². The monoisotopic (exact) mass is 710 g/mol. The van der Waals surface area contributed by atoms with Gasteiger partial charge in [-0.1, -0.05) is 29.8 Å². The first-order valence-electron chi connectivity index (χ1n) is 15.3. The molecule has 1 atom stereocenters. The lowest BCUT2D eigenvalue weighted by Crippen LogP contribution is -2.52. The maximum absolute atomic E-state index is 15.2. The Morgan fingerprint density at radius 2 is 1.73 bits per heavy atom. The number of hydrogen-bond donors (Lipinski definition) is 0. The van der Waals surface area contributed by atoms with Crippen LogP contribution in [0.3, 0.4) is 0 Å². The molecule has 2 amide bonds. The topological polar surface area (TPSA) is 119 Å². The van der Waals surface area contributed by atoms with Gasteiger partial charge in [0.1, 0.15) is 27.6 Å². The number of carbonyl (C=O) groups is 2. The Kier molecular flexibility index (Phi) is 9.29. The van der Waals surface area contributed by atoms with Gasteiger partial charge < -0.3 is 24.0 Å². The molecular weight excluding hydrogens is 676 g/mol. The molecule has 0 radical (unpaired) electrons. The van der Waals surface area contributed by atoms with Gasteiger partial charge in [0.05, 0.1) is 26.0 Å². The molecule has 4 aromatic rings. The number of anilines is 2. The summed E-state index contributed by atoms with van der Waals surface area (Å²) in [5.41, 5.74) is -1.07. The molecule has 14 heteroatoms. The Balaban J connectivity index is 1.50. The summed E-state index contributed by atoms with van der Waals surface area (Å²) >= 11 is 8.10. The maximum atomic E-state index is 15.2. The Labute approximate surface area is 288 Å². The molecule has 3 heterocycles. The third-order valence-corrected chi connectivity index (χ3v) is 11.3. The molecule has 3 aromatic carbocycles. The normalized spacial score (nSPS) is 17.9. The summed E-state index contributed by atoms with van der Waals surface area (Å²) in [6.45, 7) is 5.64. The average Bonchev–Trinajstić information content (AvgIpc) is 3.70. The third-order valence-electron chi connectivity index (χ3n) is 8.52. The van der Waals surface area contributed by atoms with E-state index in [9.17, 15) is 13.2 Å². The molecule has 252 valence electrons. The van der Waals surface area contributed by atoms with E-state index in [0.717, 1.165) is 9.44 Å². The third kappa shape index (κ3) is 5.84. The van der Waals surface area contributed by atoms with E-state index >= 15 is 4.79 Å². The van der Waals surface area contributed by atoms with Gasteiger partial charge in [-0.25, -0.2) is 17.7 Å². The van der Waals surface area contributed by atoms with Crippen molar-refractivity contribution < 1.29 is 32.2 Å². The van der Waals surface area contributed by atoms with Gasteiger partial charge in [0.25, 0.3) is 15.9 Å². The van der Waals surface area contributed by atoms with Crippen LogP contribution in [0.4, 0.5) is 10.8 Å².